The van der Waals surface area contributed by atoms with Crippen molar-refractivity contribution >= 4 is 60.6 Å². The van der Waals surface area contributed by atoms with Gasteiger partial charge in [-0.05, 0) is 74.8 Å². The molecular formula is C26H30N6O3S3. The number of thiophene rings is 1. The van der Waals surface area contributed by atoms with Gasteiger partial charge >= 0.3 is 0 Å². The van der Waals surface area contributed by atoms with E-state index in [1.54, 1.807) is 46.2 Å². The number of carbonyl (C=O) groups excluding carboxylic acids is 1. The Kier molecular flexibility index (Phi) is 7.14. The Morgan fingerprint density at radius 2 is 1.95 bits per heavy atom. The molecule has 1 atom stereocenters. The average Bonchev–Trinajstić information content (AvgIpc) is 3.53. The number of nitrogens with zero attached hydrogens (tertiary/aromatic N) is 5. The zero-order chi connectivity index (χ0) is 26.3. The summed E-state index contributed by atoms with van der Waals surface area (Å²) in [5, 5.41) is 13.4. The summed E-state index contributed by atoms with van der Waals surface area (Å²) in [5.74, 6) is -0.0570. The largest absolute Gasteiger partial charge is 0.325 e. The quantitative estimate of drug-likeness (QED) is 0.315. The van der Waals surface area contributed by atoms with Gasteiger partial charge in [0, 0.05) is 23.2 Å². The summed E-state index contributed by atoms with van der Waals surface area (Å²) in [6.07, 6.45) is 9.95. The van der Waals surface area contributed by atoms with Gasteiger partial charge in [0.25, 0.3) is 0 Å². The second-order valence-electron chi connectivity index (χ2n) is 9.85. The van der Waals surface area contributed by atoms with Crippen LogP contribution in [0.3, 0.4) is 0 Å². The molecule has 0 bridgehead atoms. The summed E-state index contributed by atoms with van der Waals surface area (Å²) < 4.78 is 29.9. The lowest BCUT2D eigenvalue weighted by Gasteiger charge is -2.34. The summed E-state index contributed by atoms with van der Waals surface area (Å²) in [6.45, 7) is 2.59. The number of aromatic nitrogens is 4. The Morgan fingerprint density at radius 1 is 1.13 bits per heavy atom. The zero-order valence-corrected chi connectivity index (χ0v) is 23.7. The van der Waals surface area contributed by atoms with Crippen molar-refractivity contribution in [2.45, 2.75) is 74.4 Å². The molecule has 38 heavy (non-hydrogen) atoms. The van der Waals surface area contributed by atoms with Crippen molar-refractivity contribution in [3.8, 4) is 0 Å². The Morgan fingerprint density at radius 3 is 2.76 bits per heavy atom. The fourth-order valence-electron chi connectivity index (χ4n) is 5.50. The van der Waals surface area contributed by atoms with Crippen LogP contribution in [0.5, 0.6) is 0 Å². The third-order valence-electron chi connectivity index (χ3n) is 7.45. The summed E-state index contributed by atoms with van der Waals surface area (Å²) in [4.78, 5) is 20.0. The molecule has 6 rings (SSSR count). The molecule has 1 saturated heterocycles. The highest BCUT2D eigenvalue weighted by molar-refractivity contribution is 7.99. The Labute approximate surface area is 230 Å². The molecule has 1 fully saturated rings. The van der Waals surface area contributed by atoms with Gasteiger partial charge in [0.2, 0.25) is 15.9 Å². The van der Waals surface area contributed by atoms with Gasteiger partial charge in [0.1, 0.15) is 11.2 Å². The van der Waals surface area contributed by atoms with E-state index in [-0.39, 0.29) is 22.6 Å². The molecule has 0 spiro atoms. The molecular weight excluding hydrogens is 541 g/mol. The molecule has 200 valence electrons. The van der Waals surface area contributed by atoms with Gasteiger partial charge in [0.15, 0.2) is 10.8 Å². The number of carbonyl (C=O) groups is 1. The van der Waals surface area contributed by atoms with Crippen molar-refractivity contribution in [1.82, 2.24) is 23.9 Å². The van der Waals surface area contributed by atoms with E-state index in [1.807, 2.05) is 11.3 Å². The Hall–Kier alpha value is -2.54. The lowest BCUT2D eigenvalue weighted by atomic mass is 9.97. The standard InChI is InChI=1S/C26H30N6O3S3/c1-2-18-7-5-6-14-32(18)38(34,35)19-12-10-17(11-13-19)28-22(33)15-36-26-30-29-24-23-20-8-3-4-9-21(20)37-25(23)27-16-31(24)26/h10-13,16,18H,2-9,14-15H2,1H3,(H,28,33)/t18-/m1/s1. The molecule has 0 unspecified atom stereocenters. The predicted molar refractivity (Wildman–Crippen MR) is 150 cm³/mol. The van der Waals surface area contributed by atoms with Crippen molar-refractivity contribution in [3.05, 3.63) is 41.0 Å². The summed E-state index contributed by atoms with van der Waals surface area (Å²) in [7, 11) is -3.55. The van der Waals surface area contributed by atoms with Crippen molar-refractivity contribution < 1.29 is 13.2 Å². The number of amides is 1. The number of sulfonamides is 1. The highest BCUT2D eigenvalue weighted by Gasteiger charge is 2.32. The number of rotatable bonds is 7. The first-order valence-electron chi connectivity index (χ1n) is 13.1. The van der Waals surface area contributed by atoms with E-state index in [1.165, 1.54) is 35.0 Å². The zero-order valence-electron chi connectivity index (χ0n) is 21.2. The first kappa shape index (κ1) is 25.7. The molecule has 1 aliphatic heterocycles. The molecule has 1 N–H and O–H groups in total. The topological polar surface area (TPSA) is 110 Å². The molecule has 1 aromatic carbocycles. The molecule has 9 nitrogen and oxygen atoms in total. The smallest absolute Gasteiger partial charge is 0.243 e. The highest BCUT2D eigenvalue weighted by Crippen LogP contribution is 2.37. The minimum absolute atomic E-state index is 0.0508. The van der Waals surface area contributed by atoms with E-state index in [0.717, 1.165) is 54.4 Å². The molecule has 4 aromatic rings. The minimum Gasteiger partial charge on any atom is -0.325 e. The molecule has 12 heteroatoms. The summed E-state index contributed by atoms with van der Waals surface area (Å²) in [6, 6.07) is 6.49. The number of anilines is 1. The van der Waals surface area contributed by atoms with Crippen LogP contribution in [0.2, 0.25) is 0 Å². The van der Waals surface area contributed by atoms with Crippen LogP contribution < -0.4 is 5.32 Å². The van der Waals surface area contributed by atoms with Crippen LogP contribution in [0.1, 0.15) is 55.9 Å². The van der Waals surface area contributed by atoms with Crippen LogP contribution in [0.15, 0.2) is 40.6 Å². The molecule has 4 heterocycles. The van der Waals surface area contributed by atoms with Gasteiger partial charge in [-0.25, -0.2) is 13.4 Å². The fraction of sp³-hybridized carbons (Fsp3) is 0.462. The molecule has 1 amide bonds. The van der Waals surface area contributed by atoms with Crippen LogP contribution in [0.25, 0.3) is 15.9 Å². The van der Waals surface area contributed by atoms with E-state index in [9.17, 15) is 13.2 Å². The number of hydrogen-bond acceptors (Lipinski definition) is 8. The minimum atomic E-state index is -3.55. The monoisotopic (exact) mass is 570 g/mol. The number of piperidine rings is 1. The van der Waals surface area contributed by atoms with Gasteiger partial charge < -0.3 is 5.32 Å². The second-order valence-corrected chi connectivity index (χ2v) is 13.8. The van der Waals surface area contributed by atoms with E-state index < -0.39 is 10.0 Å². The lowest BCUT2D eigenvalue weighted by Crippen LogP contribution is -2.43. The third kappa shape index (κ3) is 4.72. The van der Waals surface area contributed by atoms with E-state index in [0.29, 0.717) is 17.4 Å². The Balaban J connectivity index is 1.12. The molecule has 0 saturated carbocycles. The van der Waals surface area contributed by atoms with Gasteiger partial charge in [-0.3, -0.25) is 9.20 Å². The maximum absolute atomic E-state index is 13.2. The molecule has 1 aliphatic carbocycles. The number of aryl methyl sites for hydroxylation is 2. The number of fused-ring (bicyclic) bond motifs is 5. The van der Waals surface area contributed by atoms with Gasteiger partial charge in [-0.1, -0.05) is 25.1 Å². The Bertz CT molecular complexity index is 1600. The molecule has 0 radical (unpaired) electrons. The van der Waals surface area contributed by atoms with Crippen molar-refractivity contribution in [1.29, 1.82) is 0 Å². The van der Waals surface area contributed by atoms with E-state index >= 15 is 0 Å². The third-order valence-corrected chi connectivity index (χ3v) is 11.6. The van der Waals surface area contributed by atoms with Crippen LogP contribution in [0, 0.1) is 0 Å². The fourth-order valence-corrected chi connectivity index (χ4v) is 9.20. The first-order valence-corrected chi connectivity index (χ1v) is 16.4. The number of hydrogen-bond donors (Lipinski definition) is 1. The average molecular weight is 571 g/mol. The van der Waals surface area contributed by atoms with Gasteiger partial charge in [0.05, 0.1) is 16.0 Å². The number of nitrogens with one attached hydrogen (secondary N) is 1. The van der Waals surface area contributed by atoms with Gasteiger partial charge in [-0.15, -0.1) is 21.5 Å². The first-order chi connectivity index (χ1) is 18.5. The van der Waals surface area contributed by atoms with Crippen LogP contribution in [0.4, 0.5) is 5.69 Å². The SMILES string of the molecule is CC[C@@H]1CCCCN1S(=O)(=O)c1ccc(NC(=O)CSc2nnc3c4c5c(sc4ncn23)CCCC5)cc1. The highest BCUT2D eigenvalue weighted by atomic mass is 32.2. The molecule has 3 aromatic heterocycles. The maximum Gasteiger partial charge on any atom is 0.243 e. The van der Waals surface area contributed by atoms with Crippen LogP contribution in [-0.2, 0) is 27.7 Å². The van der Waals surface area contributed by atoms with Crippen molar-refractivity contribution in [2.75, 3.05) is 17.6 Å². The van der Waals surface area contributed by atoms with E-state index in [4.69, 9.17) is 0 Å². The molecule has 2 aliphatic rings. The predicted octanol–water partition coefficient (Wildman–Crippen LogP) is 4.90. The maximum atomic E-state index is 13.2. The van der Waals surface area contributed by atoms with Crippen LogP contribution >= 0.6 is 23.1 Å². The van der Waals surface area contributed by atoms with E-state index in [2.05, 4.69) is 20.5 Å². The summed E-state index contributed by atoms with van der Waals surface area (Å²) >= 11 is 3.05. The second kappa shape index (κ2) is 10.6. The van der Waals surface area contributed by atoms with Gasteiger partial charge in [-0.2, -0.15) is 4.31 Å². The lowest BCUT2D eigenvalue weighted by molar-refractivity contribution is -0.113. The summed E-state index contributed by atoms with van der Waals surface area (Å²) in [5.41, 5.74) is 2.71. The van der Waals surface area contributed by atoms with Crippen molar-refractivity contribution in [3.63, 3.8) is 0 Å². The van der Waals surface area contributed by atoms with Crippen molar-refractivity contribution in [2.24, 2.45) is 0 Å². The number of thioether (sulfide) groups is 1. The number of benzene rings is 1. The normalized spacial score (nSPS) is 18.6. The van der Waals surface area contributed by atoms with Crippen LogP contribution in [-0.4, -0.2) is 56.6 Å².